The fourth-order valence-corrected chi connectivity index (χ4v) is 4.46. The number of nitrogens with zero attached hydrogens (tertiary/aromatic N) is 4. The number of pyridine rings is 1. The number of anilines is 2. The number of rotatable bonds is 5. The van der Waals surface area contributed by atoms with Crippen LogP contribution in [0.2, 0.25) is 0 Å². The minimum Gasteiger partial charge on any atom is -0.380 e. The molecule has 2 aliphatic rings. The van der Waals surface area contributed by atoms with E-state index < -0.39 is 6.43 Å². The Morgan fingerprint density at radius 1 is 1.16 bits per heavy atom. The summed E-state index contributed by atoms with van der Waals surface area (Å²) in [5.41, 5.74) is 3.66. The van der Waals surface area contributed by atoms with Crippen LogP contribution in [0, 0.1) is 12.3 Å². The Bertz CT molecular complexity index is 1120. The summed E-state index contributed by atoms with van der Waals surface area (Å²) in [6.07, 6.45) is 0.527. The van der Waals surface area contributed by atoms with Crippen molar-refractivity contribution in [2.45, 2.75) is 32.7 Å². The zero-order chi connectivity index (χ0) is 21.6. The van der Waals surface area contributed by atoms with Crippen LogP contribution in [-0.2, 0) is 4.74 Å². The van der Waals surface area contributed by atoms with E-state index in [1.807, 2.05) is 26.1 Å². The van der Waals surface area contributed by atoms with Gasteiger partial charge in [0.25, 0.3) is 6.43 Å². The van der Waals surface area contributed by atoms with Gasteiger partial charge in [0.1, 0.15) is 0 Å². The molecule has 6 nitrogen and oxygen atoms in total. The summed E-state index contributed by atoms with van der Waals surface area (Å²) in [6.45, 7) is 7.42. The Labute approximate surface area is 179 Å². The van der Waals surface area contributed by atoms with Gasteiger partial charge >= 0.3 is 0 Å². The molecule has 1 atom stereocenters. The first kappa shape index (κ1) is 20.1. The third kappa shape index (κ3) is 3.69. The number of fused-ring (bicyclic) bond motifs is 1. The minimum atomic E-state index is -2.50. The van der Waals surface area contributed by atoms with Gasteiger partial charge in [0.2, 0.25) is 0 Å². The molecule has 0 radical (unpaired) electrons. The lowest BCUT2D eigenvalue weighted by Crippen LogP contribution is -2.44. The number of ether oxygens (including phenoxy) is 1. The van der Waals surface area contributed by atoms with Gasteiger partial charge in [0, 0.05) is 29.5 Å². The van der Waals surface area contributed by atoms with Crippen molar-refractivity contribution in [1.29, 1.82) is 0 Å². The fraction of sp³-hybridized carbons (Fsp3) is 0.435. The first-order valence-corrected chi connectivity index (χ1v) is 10.5. The number of alkyl halides is 2. The molecule has 2 fully saturated rings. The van der Waals surface area contributed by atoms with Crippen LogP contribution in [0.25, 0.3) is 10.9 Å². The number of hydrogen-bond acceptors (Lipinski definition) is 6. The van der Waals surface area contributed by atoms with Crippen molar-refractivity contribution in [3.05, 3.63) is 53.3 Å². The smallest absolute Gasteiger partial charge is 0.263 e. The molecule has 0 unspecified atom stereocenters. The van der Waals surface area contributed by atoms with E-state index in [1.54, 1.807) is 6.07 Å². The number of aromatic nitrogens is 3. The lowest BCUT2D eigenvalue weighted by Gasteiger charge is -2.37. The van der Waals surface area contributed by atoms with Crippen LogP contribution < -0.4 is 10.2 Å². The summed E-state index contributed by atoms with van der Waals surface area (Å²) in [5, 5.41) is 12.8. The highest BCUT2D eigenvalue weighted by atomic mass is 19.3. The van der Waals surface area contributed by atoms with Crippen LogP contribution in [0.4, 0.5) is 20.3 Å². The molecule has 2 saturated heterocycles. The first-order valence-electron chi connectivity index (χ1n) is 10.5. The van der Waals surface area contributed by atoms with E-state index in [1.165, 1.54) is 12.1 Å². The van der Waals surface area contributed by atoms with Crippen molar-refractivity contribution >= 4 is 22.4 Å². The molecule has 8 heteroatoms. The Hall–Kier alpha value is -2.87. The van der Waals surface area contributed by atoms with E-state index in [2.05, 4.69) is 31.5 Å². The molecule has 0 amide bonds. The highest BCUT2D eigenvalue weighted by Crippen LogP contribution is 2.40. The Morgan fingerprint density at radius 3 is 2.68 bits per heavy atom. The average molecular weight is 425 g/mol. The summed E-state index contributed by atoms with van der Waals surface area (Å²) in [6, 6.07) is 8.34. The van der Waals surface area contributed by atoms with Gasteiger partial charge in [-0.3, -0.25) is 4.98 Å². The van der Waals surface area contributed by atoms with Crippen LogP contribution >= 0.6 is 0 Å². The van der Waals surface area contributed by atoms with Crippen molar-refractivity contribution in [3.63, 3.8) is 0 Å². The molecule has 162 valence electrons. The maximum Gasteiger partial charge on any atom is 0.263 e. The van der Waals surface area contributed by atoms with E-state index in [4.69, 9.17) is 4.74 Å². The summed E-state index contributed by atoms with van der Waals surface area (Å²) in [5.74, 6) is 0.603. The van der Waals surface area contributed by atoms with Crippen LogP contribution in [0.15, 0.2) is 36.5 Å². The Morgan fingerprint density at radius 2 is 1.97 bits per heavy atom. The van der Waals surface area contributed by atoms with E-state index in [0.717, 1.165) is 60.6 Å². The molecule has 2 aliphatic heterocycles. The van der Waals surface area contributed by atoms with Gasteiger partial charge in [-0.05, 0) is 38.0 Å². The molecule has 1 aromatic carbocycles. The highest BCUT2D eigenvalue weighted by Gasteiger charge is 2.44. The maximum atomic E-state index is 13.1. The summed E-state index contributed by atoms with van der Waals surface area (Å²) in [4.78, 5) is 7.03. The molecular weight excluding hydrogens is 400 g/mol. The predicted molar refractivity (Wildman–Crippen MR) is 116 cm³/mol. The molecule has 1 N–H and O–H groups in total. The van der Waals surface area contributed by atoms with Gasteiger partial charge in [0.05, 0.1) is 42.4 Å². The van der Waals surface area contributed by atoms with Crippen LogP contribution in [0.3, 0.4) is 0 Å². The zero-order valence-electron chi connectivity index (χ0n) is 17.6. The molecule has 4 heterocycles. The number of hydrogen-bond donors (Lipinski definition) is 1. The second-order valence-corrected chi connectivity index (χ2v) is 8.72. The largest absolute Gasteiger partial charge is 0.380 e. The Balaban J connectivity index is 1.45. The van der Waals surface area contributed by atoms with Gasteiger partial charge in [-0.1, -0.05) is 18.2 Å². The molecule has 31 heavy (non-hydrogen) atoms. The predicted octanol–water partition coefficient (Wildman–Crippen LogP) is 4.67. The van der Waals surface area contributed by atoms with E-state index in [-0.39, 0.29) is 17.0 Å². The van der Waals surface area contributed by atoms with E-state index in [0.29, 0.717) is 5.82 Å². The number of halogens is 2. The van der Waals surface area contributed by atoms with Gasteiger partial charge in [-0.25, -0.2) is 8.78 Å². The normalized spacial score (nSPS) is 18.5. The Kier molecular flexibility index (Phi) is 4.97. The van der Waals surface area contributed by atoms with Crippen LogP contribution in [-0.4, -0.2) is 41.5 Å². The number of nitrogens with one attached hydrogen (secondary N) is 1. The minimum absolute atomic E-state index is 0.0119. The molecule has 5 rings (SSSR count). The van der Waals surface area contributed by atoms with Crippen molar-refractivity contribution in [2.24, 2.45) is 5.41 Å². The SMILES string of the molecule is Cc1nnc(N[C@H](C)c2cccc(C(F)F)c2)c2cc(N3CCC4(COC4)C3)cnc12. The number of benzene rings is 1. The molecule has 1 spiro atoms. The number of aryl methyl sites for hydroxylation is 1. The molecule has 0 bridgehead atoms. The lowest BCUT2D eigenvalue weighted by molar-refractivity contribution is -0.0985. The molecule has 2 aromatic heterocycles. The topological polar surface area (TPSA) is 63.2 Å². The van der Waals surface area contributed by atoms with Crippen molar-refractivity contribution < 1.29 is 13.5 Å². The standard InChI is InChI=1S/C23H25F2N5O/c1-14(16-4-3-5-17(8-16)21(24)25)27-22-19-9-18(10-26-20(19)15(2)28-29-22)30-7-6-23(11-30)12-31-13-23/h3-5,8-10,14,21H,6-7,11-13H2,1-2H3,(H,27,29)/t14-/m1/s1. The molecular formula is C23H25F2N5O. The molecule has 0 saturated carbocycles. The average Bonchev–Trinajstić information content (AvgIpc) is 3.22. The summed E-state index contributed by atoms with van der Waals surface area (Å²) >= 11 is 0. The van der Waals surface area contributed by atoms with Gasteiger partial charge in [0.15, 0.2) is 5.82 Å². The first-order chi connectivity index (χ1) is 14.9. The lowest BCUT2D eigenvalue weighted by atomic mass is 9.85. The third-order valence-corrected chi connectivity index (χ3v) is 6.41. The van der Waals surface area contributed by atoms with Crippen LogP contribution in [0.1, 0.15) is 42.6 Å². The van der Waals surface area contributed by atoms with Crippen molar-refractivity contribution in [3.8, 4) is 0 Å². The van der Waals surface area contributed by atoms with Crippen LogP contribution in [0.5, 0.6) is 0 Å². The van der Waals surface area contributed by atoms with E-state index in [9.17, 15) is 8.78 Å². The van der Waals surface area contributed by atoms with Gasteiger partial charge in [-0.2, -0.15) is 5.10 Å². The van der Waals surface area contributed by atoms with E-state index >= 15 is 0 Å². The van der Waals surface area contributed by atoms with Gasteiger partial charge < -0.3 is 15.0 Å². The zero-order valence-corrected chi connectivity index (χ0v) is 17.6. The molecule has 0 aliphatic carbocycles. The quantitative estimate of drug-likeness (QED) is 0.641. The summed E-state index contributed by atoms with van der Waals surface area (Å²) in [7, 11) is 0. The highest BCUT2D eigenvalue weighted by molar-refractivity contribution is 5.92. The van der Waals surface area contributed by atoms with Gasteiger partial charge in [-0.15, -0.1) is 5.10 Å². The fourth-order valence-electron chi connectivity index (χ4n) is 4.46. The van der Waals surface area contributed by atoms with Crippen molar-refractivity contribution in [1.82, 2.24) is 15.2 Å². The molecule has 3 aromatic rings. The second-order valence-electron chi connectivity index (χ2n) is 8.72. The summed E-state index contributed by atoms with van der Waals surface area (Å²) < 4.78 is 31.6. The third-order valence-electron chi connectivity index (χ3n) is 6.41. The second kappa shape index (κ2) is 7.67. The maximum absolute atomic E-state index is 13.1. The monoisotopic (exact) mass is 425 g/mol. The van der Waals surface area contributed by atoms with Crippen molar-refractivity contribution in [2.75, 3.05) is 36.5 Å².